The van der Waals surface area contributed by atoms with Crippen LogP contribution in [0.3, 0.4) is 0 Å². The molecule has 0 N–H and O–H groups in total. The molecule has 0 saturated carbocycles. The predicted molar refractivity (Wildman–Crippen MR) is 75.8 cm³/mol. The van der Waals surface area contributed by atoms with Crippen LogP contribution >= 0.6 is 11.6 Å². The first-order chi connectivity index (χ1) is 9.31. The van der Waals surface area contributed by atoms with Crippen LogP contribution in [0.5, 0.6) is 5.88 Å². The number of alkyl halides is 1. The summed E-state index contributed by atoms with van der Waals surface area (Å²) in [5, 5.41) is 0. The van der Waals surface area contributed by atoms with Crippen molar-refractivity contribution in [2.75, 3.05) is 13.0 Å². The molecule has 0 aromatic carbocycles. The average molecular weight is 283 g/mol. The van der Waals surface area contributed by atoms with Gasteiger partial charge in [-0.3, -0.25) is 0 Å². The second-order valence-corrected chi connectivity index (χ2v) is 4.76. The molecule has 104 valence electrons. The Kier molecular flexibility index (Phi) is 4.96. The van der Waals surface area contributed by atoms with Gasteiger partial charge in [0.2, 0.25) is 5.88 Å². The highest BCUT2D eigenvalue weighted by atomic mass is 35.5. The van der Waals surface area contributed by atoms with E-state index in [0.29, 0.717) is 11.8 Å². The van der Waals surface area contributed by atoms with E-state index in [-0.39, 0.29) is 0 Å². The SMILES string of the molecule is CCCCCn1c(CCCl)nc2c(OC)ncnc21. The Bertz CT molecular complexity index is 541. The molecule has 6 heteroatoms. The summed E-state index contributed by atoms with van der Waals surface area (Å²) in [5.74, 6) is 2.03. The molecule has 0 aliphatic heterocycles. The molecule has 2 rings (SSSR count). The average Bonchev–Trinajstić information content (AvgIpc) is 2.77. The molecule has 2 heterocycles. The van der Waals surface area contributed by atoms with E-state index in [0.717, 1.165) is 36.4 Å². The van der Waals surface area contributed by atoms with Gasteiger partial charge in [0.15, 0.2) is 11.2 Å². The molecular weight excluding hydrogens is 264 g/mol. The number of unbranched alkanes of at least 4 members (excludes halogenated alkanes) is 2. The van der Waals surface area contributed by atoms with Crippen molar-refractivity contribution in [1.29, 1.82) is 0 Å². The van der Waals surface area contributed by atoms with E-state index >= 15 is 0 Å². The van der Waals surface area contributed by atoms with E-state index < -0.39 is 0 Å². The van der Waals surface area contributed by atoms with E-state index in [9.17, 15) is 0 Å². The second kappa shape index (κ2) is 6.70. The molecule has 5 nitrogen and oxygen atoms in total. The van der Waals surface area contributed by atoms with Gasteiger partial charge in [0, 0.05) is 18.8 Å². The molecule has 0 spiro atoms. The van der Waals surface area contributed by atoms with Crippen LogP contribution in [-0.2, 0) is 13.0 Å². The number of imidazole rings is 1. The van der Waals surface area contributed by atoms with Crippen molar-refractivity contribution in [3.05, 3.63) is 12.2 Å². The van der Waals surface area contributed by atoms with Crippen LogP contribution in [0.15, 0.2) is 6.33 Å². The van der Waals surface area contributed by atoms with E-state index in [1.54, 1.807) is 7.11 Å². The molecule has 0 amide bonds. The van der Waals surface area contributed by atoms with Crippen LogP contribution in [0.2, 0.25) is 0 Å². The first-order valence-electron chi connectivity index (χ1n) is 6.61. The van der Waals surface area contributed by atoms with Crippen LogP contribution in [-0.4, -0.2) is 32.5 Å². The van der Waals surface area contributed by atoms with Crippen molar-refractivity contribution in [3.8, 4) is 5.88 Å². The molecule has 0 saturated heterocycles. The Labute approximate surface area is 118 Å². The molecule has 0 radical (unpaired) electrons. The first kappa shape index (κ1) is 14.1. The van der Waals surface area contributed by atoms with Crippen molar-refractivity contribution in [3.63, 3.8) is 0 Å². The number of aryl methyl sites for hydroxylation is 2. The van der Waals surface area contributed by atoms with E-state index in [2.05, 4.69) is 26.4 Å². The number of rotatable bonds is 7. The minimum atomic E-state index is 0.523. The van der Waals surface area contributed by atoms with E-state index in [4.69, 9.17) is 16.3 Å². The molecule has 0 aliphatic carbocycles. The number of hydrogen-bond acceptors (Lipinski definition) is 4. The molecule has 0 bridgehead atoms. The van der Waals surface area contributed by atoms with Gasteiger partial charge in [-0.2, -0.15) is 4.98 Å². The standard InChI is InChI=1S/C13H19ClN4O/c1-3-4-5-8-18-10(6-7-14)17-11-12(18)15-9-16-13(11)19-2/h9H,3-8H2,1-2H3. The molecule has 0 fully saturated rings. The van der Waals surface area contributed by atoms with E-state index in [1.807, 2.05) is 0 Å². The summed E-state index contributed by atoms with van der Waals surface area (Å²) < 4.78 is 7.38. The zero-order chi connectivity index (χ0) is 13.7. The summed E-state index contributed by atoms with van der Waals surface area (Å²) in [6.07, 6.45) is 5.75. The fourth-order valence-electron chi connectivity index (χ4n) is 2.14. The van der Waals surface area contributed by atoms with Gasteiger partial charge in [-0.05, 0) is 6.42 Å². The van der Waals surface area contributed by atoms with Crippen LogP contribution in [0, 0.1) is 0 Å². The maximum atomic E-state index is 5.85. The third kappa shape index (κ3) is 2.97. The lowest BCUT2D eigenvalue weighted by molar-refractivity contribution is 0.401. The molecule has 0 atom stereocenters. The zero-order valence-corrected chi connectivity index (χ0v) is 12.2. The van der Waals surface area contributed by atoms with Crippen LogP contribution in [0.1, 0.15) is 32.0 Å². The number of halogens is 1. The second-order valence-electron chi connectivity index (χ2n) is 4.38. The van der Waals surface area contributed by atoms with Crippen molar-refractivity contribution in [2.24, 2.45) is 0 Å². The summed E-state index contributed by atoms with van der Waals surface area (Å²) in [4.78, 5) is 13.0. The Morgan fingerprint density at radius 3 is 2.84 bits per heavy atom. The number of hydrogen-bond donors (Lipinski definition) is 0. The predicted octanol–water partition coefficient (Wildman–Crippen LogP) is 2.81. The molecule has 19 heavy (non-hydrogen) atoms. The third-order valence-corrected chi connectivity index (χ3v) is 3.26. The van der Waals surface area contributed by atoms with E-state index in [1.165, 1.54) is 19.2 Å². The molecule has 0 aliphatic rings. The number of aromatic nitrogens is 4. The summed E-state index contributed by atoms with van der Waals surface area (Å²) in [7, 11) is 1.60. The fraction of sp³-hybridized carbons (Fsp3) is 0.615. The minimum absolute atomic E-state index is 0.523. The number of ether oxygens (including phenoxy) is 1. The quantitative estimate of drug-likeness (QED) is 0.579. The summed E-state index contributed by atoms with van der Waals surface area (Å²) in [6, 6.07) is 0. The zero-order valence-electron chi connectivity index (χ0n) is 11.4. The van der Waals surface area contributed by atoms with Gasteiger partial charge >= 0.3 is 0 Å². The van der Waals surface area contributed by atoms with Crippen molar-refractivity contribution >= 4 is 22.8 Å². The smallest absolute Gasteiger partial charge is 0.245 e. The highest BCUT2D eigenvalue weighted by Gasteiger charge is 2.15. The summed E-state index contributed by atoms with van der Waals surface area (Å²) in [5.41, 5.74) is 1.56. The lowest BCUT2D eigenvalue weighted by atomic mass is 10.2. The van der Waals surface area contributed by atoms with Crippen molar-refractivity contribution in [2.45, 2.75) is 39.2 Å². The van der Waals surface area contributed by atoms with Gasteiger partial charge < -0.3 is 9.30 Å². The normalized spacial score (nSPS) is 11.1. The number of fused-ring (bicyclic) bond motifs is 1. The monoisotopic (exact) mass is 282 g/mol. The topological polar surface area (TPSA) is 52.8 Å². The largest absolute Gasteiger partial charge is 0.479 e. The molecule has 2 aromatic rings. The van der Waals surface area contributed by atoms with Gasteiger partial charge in [0.25, 0.3) is 0 Å². The van der Waals surface area contributed by atoms with Gasteiger partial charge in [-0.1, -0.05) is 19.8 Å². The Morgan fingerprint density at radius 1 is 1.32 bits per heavy atom. The Hall–Kier alpha value is -1.36. The van der Waals surface area contributed by atoms with Crippen molar-refractivity contribution < 1.29 is 4.74 Å². The number of methoxy groups -OCH3 is 1. The highest BCUT2D eigenvalue weighted by Crippen LogP contribution is 2.22. The van der Waals surface area contributed by atoms with Gasteiger partial charge in [0.1, 0.15) is 12.2 Å². The number of nitrogens with zero attached hydrogens (tertiary/aromatic N) is 4. The van der Waals surface area contributed by atoms with Crippen LogP contribution in [0.4, 0.5) is 0 Å². The maximum absolute atomic E-state index is 5.85. The summed E-state index contributed by atoms with van der Waals surface area (Å²) in [6.45, 7) is 3.10. The molecular formula is C13H19ClN4O. The fourth-order valence-corrected chi connectivity index (χ4v) is 2.31. The van der Waals surface area contributed by atoms with Crippen LogP contribution in [0.25, 0.3) is 11.2 Å². The Balaban J connectivity index is 2.41. The van der Waals surface area contributed by atoms with Gasteiger partial charge in [-0.15, -0.1) is 11.6 Å². The minimum Gasteiger partial charge on any atom is -0.479 e. The Morgan fingerprint density at radius 2 is 2.16 bits per heavy atom. The first-order valence-corrected chi connectivity index (χ1v) is 7.15. The molecule has 0 unspecified atom stereocenters. The lowest BCUT2D eigenvalue weighted by Gasteiger charge is -2.07. The van der Waals surface area contributed by atoms with Crippen LogP contribution < -0.4 is 4.74 Å². The third-order valence-electron chi connectivity index (χ3n) is 3.07. The van der Waals surface area contributed by atoms with Gasteiger partial charge in [0.05, 0.1) is 7.11 Å². The summed E-state index contributed by atoms with van der Waals surface area (Å²) >= 11 is 5.85. The maximum Gasteiger partial charge on any atom is 0.245 e. The van der Waals surface area contributed by atoms with Crippen molar-refractivity contribution in [1.82, 2.24) is 19.5 Å². The molecule has 2 aromatic heterocycles. The lowest BCUT2D eigenvalue weighted by Crippen LogP contribution is -2.05. The van der Waals surface area contributed by atoms with Gasteiger partial charge in [-0.25, -0.2) is 9.97 Å². The highest BCUT2D eigenvalue weighted by molar-refractivity contribution is 6.17.